The van der Waals surface area contributed by atoms with E-state index in [1.807, 2.05) is 7.05 Å². The summed E-state index contributed by atoms with van der Waals surface area (Å²) in [6, 6.07) is 4.34. The van der Waals surface area contributed by atoms with Crippen molar-refractivity contribution in [3.8, 4) is 0 Å². The Balaban J connectivity index is 2.29. The van der Waals surface area contributed by atoms with Crippen molar-refractivity contribution >= 4 is 10.0 Å². The second-order valence-electron chi connectivity index (χ2n) is 4.96. The maximum atomic E-state index is 13.8. The van der Waals surface area contributed by atoms with Crippen molar-refractivity contribution < 1.29 is 12.8 Å². The van der Waals surface area contributed by atoms with Crippen molar-refractivity contribution in [2.24, 2.45) is 5.92 Å². The van der Waals surface area contributed by atoms with Crippen LogP contribution in [0.3, 0.4) is 0 Å². The van der Waals surface area contributed by atoms with Crippen LogP contribution in [-0.2, 0) is 10.0 Å². The number of rotatable bonds is 4. The van der Waals surface area contributed by atoms with Crippen LogP contribution in [0.4, 0.5) is 4.39 Å². The Kier molecular flexibility index (Phi) is 4.23. The summed E-state index contributed by atoms with van der Waals surface area (Å²) in [5, 5.41) is 3.05. The van der Waals surface area contributed by atoms with Gasteiger partial charge in [-0.1, -0.05) is 12.1 Å². The lowest BCUT2D eigenvalue weighted by molar-refractivity contribution is 0.446. The molecule has 19 heavy (non-hydrogen) atoms. The van der Waals surface area contributed by atoms with Gasteiger partial charge in [0.2, 0.25) is 10.0 Å². The predicted molar refractivity (Wildman–Crippen MR) is 71.9 cm³/mol. The van der Waals surface area contributed by atoms with Crippen LogP contribution in [-0.4, -0.2) is 39.4 Å². The molecule has 0 bridgehead atoms. The smallest absolute Gasteiger partial charge is 0.246 e. The zero-order valence-electron chi connectivity index (χ0n) is 11.2. The third kappa shape index (κ3) is 2.80. The molecule has 2 rings (SSSR count). The average Bonchev–Trinajstić information content (AvgIpc) is 2.78. The summed E-state index contributed by atoms with van der Waals surface area (Å²) < 4.78 is 40.2. The highest BCUT2D eigenvalue weighted by atomic mass is 32.2. The Bertz CT molecular complexity index is 540. The lowest BCUT2D eigenvalue weighted by Crippen LogP contribution is -2.31. The maximum absolute atomic E-state index is 13.8. The highest BCUT2D eigenvalue weighted by Gasteiger charge is 2.34. The van der Waals surface area contributed by atoms with Crippen molar-refractivity contribution in [1.82, 2.24) is 9.62 Å². The number of halogens is 1. The summed E-state index contributed by atoms with van der Waals surface area (Å²) in [6.07, 6.45) is 0.813. The molecule has 0 saturated carbocycles. The molecule has 1 fully saturated rings. The minimum atomic E-state index is -3.72. The third-order valence-electron chi connectivity index (χ3n) is 3.50. The van der Waals surface area contributed by atoms with Crippen LogP contribution >= 0.6 is 0 Å². The lowest BCUT2D eigenvalue weighted by Gasteiger charge is -2.18. The molecule has 1 aromatic rings. The number of nitrogens with zero attached hydrogens (tertiary/aromatic N) is 1. The van der Waals surface area contributed by atoms with Gasteiger partial charge in [0, 0.05) is 13.1 Å². The highest BCUT2D eigenvalue weighted by molar-refractivity contribution is 7.89. The van der Waals surface area contributed by atoms with Crippen LogP contribution in [0.25, 0.3) is 0 Å². The number of aryl methyl sites for hydroxylation is 1. The molecule has 106 valence electrons. The second kappa shape index (κ2) is 5.56. The van der Waals surface area contributed by atoms with E-state index < -0.39 is 15.8 Å². The minimum Gasteiger partial charge on any atom is -0.319 e. The Hall–Kier alpha value is -0.980. The van der Waals surface area contributed by atoms with Crippen molar-refractivity contribution in [1.29, 1.82) is 0 Å². The Morgan fingerprint density at radius 1 is 1.47 bits per heavy atom. The van der Waals surface area contributed by atoms with E-state index in [1.165, 1.54) is 16.4 Å². The zero-order chi connectivity index (χ0) is 14.0. The van der Waals surface area contributed by atoms with E-state index in [1.54, 1.807) is 13.0 Å². The van der Waals surface area contributed by atoms with Crippen LogP contribution in [0.2, 0.25) is 0 Å². The lowest BCUT2D eigenvalue weighted by atomic mass is 10.1. The molecule has 1 heterocycles. The van der Waals surface area contributed by atoms with Gasteiger partial charge in [0.1, 0.15) is 10.7 Å². The van der Waals surface area contributed by atoms with Gasteiger partial charge in [-0.3, -0.25) is 0 Å². The highest BCUT2D eigenvalue weighted by Crippen LogP contribution is 2.27. The fourth-order valence-corrected chi connectivity index (χ4v) is 4.34. The van der Waals surface area contributed by atoms with E-state index in [4.69, 9.17) is 0 Å². The molecule has 1 N–H and O–H groups in total. The molecular weight excluding hydrogens is 267 g/mol. The van der Waals surface area contributed by atoms with Crippen LogP contribution in [0.15, 0.2) is 23.1 Å². The van der Waals surface area contributed by atoms with E-state index in [0.29, 0.717) is 24.6 Å². The molecule has 0 aromatic heterocycles. The van der Waals surface area contributed by atoms with Gasteiger partial charge < -0.3 is 5.32 Å². The molecule has 4 nitrogen and oxygen atoms in total. The normalized spacial score (nSPS) is 20.9. The van der Waals surface area contributed by atoms with Crippen molar-refractivity contribution in [2.45, 2.75) is 18.2 Å². The quantitative estimate of drug-likeness (QED) is 0.909. The van der Waals surface area contributed by atoms with Gasteiger partial charge in [0.25, 0.3) is 0 Å². The molecule has 0 aliphatic carbocycles. The van der Waals surface area contributed by atoms with Crippen LogP contribution in [0, 0.1) is 18.7 Å². The standard InChI is InChI=1S/C13H19FN2O2S/c1-10-4-3-5-12(14)13(10)19(17,18)16-7-6-11(9-16)8-15-2/h3-5,11,15H,6-9H2,1-2H3. The first-order chi connectivity index (χ1) is 8.96. The average molecular weight is 286 g/mol. The molecule has 1 aliphatic rings. The summed E-state index contributed by atoms with van der Waals surface area (Å²) in [4.78, 5) is -0.180. The first kappa shape index (κ1) is 14.4. The van der Waals surface area contributed by atoms with Gasteiger partial charge in [-0.15, -0.1) is 0 Å². The topological polar surface area (TPSA) is 49.4 Å². The van der Waals surface area contributed by atoms with Gasteiger partial charge >= 0.3 is 0 Å². The molecule has 6 heteroatoms. The number of sulfonamides is 1. The monoisotopic (exact) mass is 286 g/mol. The minimum absolute atomic E-state index is 0.180. The fraction of sp³-hybridized carbons (Fsp3) is 0.538. The fourth-order valence-electron chi connectivity index (χ4n) is 2.54. The molecule has 1 aromatic carbocycles. The summed E-state index contributed by atoms with van der Waals surface area (Å²) in [5.74, 6) is -0.371. The van der Waals surface area contributed by atoms with Crippen molar-refractivity contribution in [3.63, 3.8) is 0 Å². The van der Waals surface area contributed by atoms with Crippen LogP contribution in [0.5, 0.6) is 0 Å². The van der Waals surface area contributed by atoms with Crippen LogP contribution in [0.1, 0.15) is 12.0 Å². The van der Waals surface area contributed by atoms with E-state index in [-0.39, 0.29) is 4.90 Å². The van der Waals surface area contributed by atoms with Crippen molar-refractivity contribution in [3.05, 3.63) is 29.6 Å². The molecule has 1 aliphatic heterocycles. The van der Waals surface area contributed by atoms with Gasteiger partial charge in [-0.05, 0) is 44.5 Å². The van der Waals surface area contributed by atoms with Gasteiger partial charge in [0.15, 0.2) is 0 Å². The summed E-state index contributed by atoms with van der Waals surface area (Å²) in [7, 11) is -1.88. The van der Waals surface area contributed by atoms with E-state index in [2.05, 4.69) is 5.32 Å². The summed E-state index contributed by atoms with van der Waals surface area (Å²) in [5.41, 5.74) is 0.456. The molecule has 1 unspecified atom stereocenters. The number of hydrogen-bond donors (Lipinski definition) is 1. The molecule has 0 spiro atoms. The van der Waals surface area contributed by atoms with Crippen LogP contribution < -0.4 is 5.32 Å². The Labute approximate surface area is 113 Å². The first-order valence-corrected chi connectivity index (χ1v) is 7.80. The Morgan fingerprint density at radius 2 is 2.21 bits per heavy atom. The summed E-state index contributed by atoms with van der Waals surface area (Å²) >= 11 is 0. The van der Waals surface area contributed by atoms with E-state index in [9.17, 15) is 12.8 Å². The van der Waals surface area contributed by atoms with Crippen molar-refractivity contribution in [2.75, 3.05) is 26.7 Å². The van der Waals surface area contributed by atoms with Gasteiger partial charge in [0.05, 0.1) is 0 Å². The zero-order valence-corrected chi connectivity index (χ0v) is 12.0. The number of nitrogens with one attached hydrogen (secondary N) is 1. The molecule has 0 radical (unpaired) electrons. The Morgan fingerprint density at radius 3 is 2.84 bits per heavy atom. The molecule has 1 saturated heterocycles. The SMILES string of the molecule is CNCC1CCN(S(=O)(=O)c2c(C)cccc2F)C1. The second-order valence-corrected chi connectivity index (χ2v) is 6.84. The summed E-state index contributed by atoms with van der Waals surface area (Å²) in [6.45, 7) is 3.32. The molecule has 1 atom stereocenters. The predicted octanol–water partition coefficient (Wildman–Crippen LogP) is 1.36. The van der Waals surface area contributed by atoms with Gasteiger partial charge in [-0.25, -0.2) is 12.8 Å². The van der Waals surface area contributed by atoms with E-state index in [0.717, 1.165) is 13.0 Å². The van der Waals surface area contributed by atoms with Gasteiger partial charge in [-0.2, -0.15) is 4.31 Å². The first-order valence-electron chi connectivity index (χ1n) is 6.36. The number of benzene rings is 1. The molecule has 0 amide bonds. The molecular formula is C13H19FN2O2S. The largest absolute Gasteiger partial charge is 0.319 e. The van der Waals surface area contributed by atoms with E-state index >= 15 is 0 Å². The maximum Gasteiger partial charge on any atom is 0.246 e. The number of hydrogen-bond acceptors (Lipinski definition) is 3. The third-order valence-corrected chi connectivity index (χ3v) is 5.55.